The third kappa shape index (κ3) is 3.65. The molecule has 1 aliphatic heterocycles. The number of rotatable bonds is 5. The number of aliphatic hydroxyl groups excluding tert-OH is 1. The molecule has 3 aromatic rings. The largest absolute Gasteiger partial charge is 0.391 e. The minimum absolute atomic E-state index is 0.287. The minimum atomic E-state index is -0.287. The van der Waals surface area contributed by atoms with E-state index in [1.54, 1.807) is 17.2 Å². The van der Waals surface area contributed by atoms with Crippen LogP contribution in [-0.4, -0.2) is 49.0 Å². The Labute approximate surface area is 151 Å². The van der Waals surface area contributed by atoms with Crippen LogP contribution in [0.5, 0.6) is 0 Å². The van der Waals surface area contributed by atoms with Crippen LogP contribution in [-0.2, 0) is 6.54 Å². The molecule has 8 heteroatoms. The van der Waals surface area contributed by atoms with Crippen LogP contribution in [0, 0.1) is 0 Å². The first-order valence-corrected chi connectivity index (χ1v) is 8.72. The van der Waals surface area contributed by atoms with E-state index in [9.17, 15) is 5.11 Å². The van der Waals surface area contributed by atoms with Gasteiger partial charge in [-0.2, -0.15) is 10.1 Å². The maximum atomic E-state index is 9.87. The molecule has 2 N–H and O–H groups in total. The Morgan fingerprint density at radius 2 is 2.15 bits per heavy atom. The first-order chi connectivity index (χ1) is 12.8. The number of hydrogen-bond donors (Lipinski definition) is 2. The van der Waals surface area contributed by atoms with E-state index in [2.05, 4.69) is 30.3 Å². The van der Waals surface area contributed by atoms with Gasteiger partial charge in [0, 0.05) is 25.8 Å². The molecule has 0 bridgehead atoms. The zero-order valence-corrected chi connectivity index (χ0v) is 14.4. The van der Waals surface area contributed by atoms with Crippen LogP contribution in [0.3, 0.4) is 0 Å². The fourth-order valence-corrected chi connectivity index (χ4v) is 3.16. The lowest BCUT2D eigenvalue weighted by atomic mass is 10.1. The molecule has 0 unspecified atom stereocenters. The predicted molar refractivity (Wildman–Crippen MR) is 98.2 cm³/mol. The van der Waals surface area contributed by atoms with E-state index >= 15 is 0 Å². The Hall–Kier alpha value is -3.00. The van der Waals surface area contributed by atoms with Crippen molar-refractivity contribution < 1.29 is 5.11 Å². The van der Waals surface area contributed by atoms with E-state index in [0.29, 0.717) is 19.0 Å². The fraction of sp³-hybridized carbons (Fsp3) is 0.333. The van der Waals surface area contributed by atoms with Gasteiger partial charge in [-0.25, -0.2) is 14.6 Å². The molecule has 0 radical (unpaired) electrons. The molecule has 26 heavy (non-hydrogen) atoms. The van der Waals surface area contributed by atoms with Gasteiger partial charge in [-0.15, -0.1) is 0 Å². The molecule has 1 aromatic carbocycles. The number of β-amino-alcohol motifs (C(OH)–C–C–N with tert-alkyl or cyclic N) is 1. The second-order valence-corrected chi connectivity index (χ2v) is 6.30. The Kier molecular flexibility index (Phi) is 4.74. The summed E-state index contributed by atoms with van der Waals surface area (Å²) in [7, 11) is 0. The topological polar surface area (TPSA) is 92.0 Å². The molecule has 8 nitrogen and oxygen atoms in total. The molecule has 1 fully saturated rings. The number of aromatic nitrogens is 5. The van der Waals surface area contributed by atoms with Gasteiger partial charge in [-0.05, 0) is 30.5 Å². The molecule has 1 aliphatic rings. The zero-order valence-electron chi connectivity index (χ0n) is 14.4. The maximum Gasteiger partial charge on any atom is 0.224 e. The van der Waals surface area contributed by atoms with Gasteiger partial charge in [0.25, 0.3) is 0 Å². The van der Waals surface area contributed by atoms with E-state index in [1.807, 2.05) is 30.3 Å². The van der Waals surface area contributed by atoms with Gasteiger partial charge >= 0.3 is 0 Å². The summed E-state index contributed by atoms with van der Waals surface area (Å²) in [5.74, 6) is 1.40. The summed E-state index contributed by atoms with van der Waals surface area (Å²) in [5.41, 5.74) is 2.04. The van der Waals surface area contributed by atoms with Crippen LogP contribution in [0.15, 0.2) is 49.2 Å². The third-order valence-electron chi connectivity index (χ3n) is 4.46. The van der Waals surface area contributed by atoms with Gasteiger partial charge in [0.2, 0.25) is 5.95 Å². The molecular weight excluding hydrogens is 330 g/mol. The molecule has 0 saturated carbocycles. The fourth-order valence-electron chi connectivity index (χ4n) is 3.16. The standard InChI is InChI=1S/C18H21N7O/c26-15-5-3-9-24(11-15)17-7-8-20-18(23-17)21-10-14-4-1-2-6-16(14)25-13-19-12-22-25/h1-2,4,6-8,12-13,15,26H,3,5,9-11H2,(H,20,21,23)/t15-/m0/s1. The third-order valence-corrected chi connectivity index (χ3v) is 4.46. The molecule has 1 saturated heterocycles. The Balaban J connectivity index is 1.48. The minimum Gasteiger partial charge on any atom is -0.391 e. The highest BCUT2D eigenvalue weighted by atomic mass is 16.3. The molecule has 2 aromatic heterocycles. The zero-order chi connectivity index (χ0) is 17.8. The van der Waals surface area contributed by atoms with Crippen LogP contribution in [0.2, 0.25) is 0 Å². The maximum absolute atomic E-state index is 9.87. The highest BCUT2D eigenvalue weighted by molar-refractivity contribution is 5.45. The van der Waals surface area contributed by atoms with Crippen molar-refractivity contribution in [1.29, 1.82) is 0 Å². The lowest BCUT2D eigenvalue weighted by Crippen LogP contribution is -2.38. The van der Waals surface area contributed by atoms with Crippen LogP contribution in [0.1, 0.15) is 18.4 Å². The van der Waals surface area contributed by atoms with Gasteiger partial charge in [0.05, 0.1) is 11.8 Å². The van der Waals surface area contributed by atoms with Gasteiger partial charge < -0.3 is 15.3 Å². The van der Waals surface area contributed by atoms with Gasteiger partial charge in [0.15, 0.2) is 0 Å². The van der Waals surface area contributed by atoms with Gasteiger partial charge in [0.1, 0.15) is 18.5 Å². The first kappa shape index (κ1) is 16.5. The summed E-state index contributed by atoms with van der Waals surface area (Å²) in [6.07, 6.45) is 6.48. The molecule has 4 rings (SSSR count). The quantitative estimate of drug-likeness (QED) is 0.722. The second-order valence-electron chi connectivity index (χ2n) is 6.30. The number of para-hydroxylation sites is 1. The second kappa shape index (κ2) is 7.49. The molecule has 3 heterocycles. The van der Waals surface area contributed by atoms with E-state index in [1.165, 1.54) is 6.33 Å². The summed E-state index contributed by atoms with van der Waals surface area (Å²) in [5, 5.41) is 17.4. The summed E-state index contributed by atoms with van der Waals surface area (Å²) in [6.45, 7) is 2.09. The number of nitrogens with one attached hydrogen (secondary N) is 1. The van der Waals surface area contributed by atoms with E-state index in [0.717, 1.165) is 36.5 Å². The van der Waals surface area contributed by atoms with Crippen LogP contribution >= 0.6 is 0 Å². The number of nitrogens with zero attached hydrogens (tertiary/aromatic N) is 6. The number of anilines is 2. The Morgan fingerprint density at radius 1 is 1.23 bits per heavy atom. The van der Waals surface area contributed by atoms with Crippen LogP contribution in [0.25, 0.3) is 5.69 Å². The number of piperidine rings is 1. The predicted octanol–water partition coefficient (Wildman–Crippen LogP) is 1.63. The van der Waals surface area contributed by atoms with E-state index < -0.39 is 0 Å². The highest BCUT2D eigenvalue weighted by Gasteiger charge is 2.19. The average Bonchev–Trinajstić information content (AvgIpc) is 3.21. The van der Waals surface area contributed by atoms with Crippen molar-refractivity contribution in [2.45, 2.75) is 25.5 Å². The molecular formula is C18H21N7O. The van der Waals surface area contributed by atoms with Crippen molar-refractivity contribution in [2.24, 2.45) is 0 Å². The Morgan fingerprint density at radius 3 is 3.00 bits per heavy atom. The summed E-state index contributed by atoms with van der Waals surface area (Å²) in [6, 6.07) is 9.88. The molecule has 1 atom stereocenters. The van der Waals surface area contributed by atoms with Crippen molar-refractivity contribution in [1.82, 2.24) is 24.7 Å². The lowest BCUT2D eigenvalue weighted by Gasteiger charge is -2.31. The summed E-state index contributed by atoms with van der Waals surface area (Å²) >= 11 is 0. The first-order valence-electron chi connectivity index (χ1n) is 8.72. The van der Waals surface area contributed by atoms with Crippen molar-refractivity contribution in [2.75, 3.05) is 23.3 Å². The molecule has 0 aliphatic carbocycles. The number of hydrogen-bond acceptors (Lipinski definition) is 7. The highest BCUT2D eigenvalue weighted by Crippen LogP contribution is 2.19. The SMILES string of the molecule is O[C@H]1CCCN(c2ccnc(NCc3ccccc3-n3cncn3)n2)C1. The molecule has 0 amide bonds. The van der Waals surface area contributed by atoms with Crippen molar-refractivity contribution in [3.63, 3.8) is 0 Å². The molecule has 134 valence electrons. The van der Waals surface area contributed by atoms with Gasteiger partial charge in [-0.3, -0.25) is 0 Å². The van der Waals surface area contributed by atoms with Crippen molar-refractivity contribution >= 4 is 11.8 Å². The number of benzene rings is 1. The normalized spacial score (nSPS) is 17.3. The number of aliphatic hydroxyl groups is 1. The van der Waals surface area contributed by atoms with Crippen molar-refractivity contribution in [3.05, 3.63) is 54.7 Å². The lowest BCUT2D eigenvalue weighted by molar-refractivity contribution is 0.154. The smallest absolute Gasteiger partial charge is 0.224 e. The summed E-state index contributed by atoms with van der Waals surface area (Å²) < 4.78 is 1.74. The van der Waals surface area contributed by atoms with E-state index in [4.69, 9.17) is 0 Å². The Bertz CT molecular complexity index is 852. The average molecular weight is 351 g/mol. The van der Waals surface area contributed by atoms with Gasteiger partial charge in [-0.1, -0.05) is 18.2 Å². The summed E-state index contributed by atoms with van der Waals surface area (Å²) in [4.78, 5) is 15.0. The van der Waals surface area contributed by atoms with Crippen LogP contribution < -0.4 is 10.2 Å². The van der Waals surface area contributed by atoms with Crippen molar-refractivity contribution in [3.8, 4) is 5.69 Å². The monoisotopic (exact) mass is 351 g/mol. The van der Waals surface area contributed by atoms with E-state index in [-0.39, 0.29) is 6.10 Å². The van der Waals surface area contributed by atoms with Crippen LogP contribution in [0.4, 0.5) is 11.8 Å². The molecule has 0 spiro atoms.